The molecule has 1 unspecified atom stereocenters. The van der Waals surface area contributed by atoms with Crippen LogP contribution in [0.2, 0.25) is 0 Å². The molecule has 1 aliphatic heterocycles. The fourth-order valence-electron chi connectivity index (χ4n) is 3.62. The van der Waals surface area contributed by atoms with Crippen molar-refractivity contribution in [1.82, 2.24) is 8.87 Å². The zero-order chi connectivity index (χ0) is 22.2. The van der Waals surface area contributed by atoms with Crippen LogP contribution in [0.25, 0.3) is 11.1 Å². The Labute approximate surface area is 180 Å². The Kier molecular flexibility index (Phi) is 5.68. The molecule has 2 aromatic carbocycles. The van der Waals surface area contributed by atoms with Crippen molar-refractivity contribution >= 4 is 10.0 Å². The Bertz CT molecular complexity index is 1250. The van der Waals surface area contributed by atoms with Gasteiger partial charge in [0.2, 0.25) is 10.0 Å². The number of sulfonamides is 1. The zero-order valence-electron chi connectivity index (χ0n) is 17.3. The topological polar surface area (TPSA) is 68.6 Å². The van der Waals surface area contributed by atoms with Crippen molar-refractivity contribution in [1.29, 1.82) is 0 Å². The molecule has 4 rings (SSSR count). The number of nitrogens with zero attached hydrogens (tertiary/aromatic N) is 2. The van der Waals surface area contributed by atoms with Crippen LogP contribution in [0, 0.1) is 12.7 Å². The highest BCUT2D eigenvalue weighted by atomic mass is 32.2. The van der Waals surface area contributed by atoms with Crippen LogP contribution in [-0.2, 0) is 17.1 Å². The molecule has 0 saturated carbocycles. The van der Waals surface area contributed by atoms with Crippen LogP contribution in [0.3, 0.4) is 0 Å². The molecule has 31 heavy (non-hydrogen) atoms. The van der Waals surface area contributed by atoms with Gasteiger partial charge in [0.25, 0.3) is 5.56 Å². The zero-order valence-corrected chi connectivity index (χ0v) is 18.1. The molecular formula is C23H23FN2O4S. The van der Waals surface area contributed by atoms with Crippen LogP contribution < -0.4 is 10.3 Å². The number of hydrogen-bond acceptors (Lipinski definition) is 4. The van der Waals surface area contributed by atoms with Gasteiger partial charge in [-0.1, -0.05) is 24.3 Å². The van der Waals surface area contributed by atoms with Crippen molar-refractivity contribution in [3.05, 3.63) is 82.5 Å². The molecule has 3 aromatic rings. The molecule has 1 aliphatic rings. The van der Waals surface area contributed by atoms with Crippen LogP contribution in [0.15, 0.2) is 70.4 Å². The van der Waals surface area contributed by atoms with E-state index in [0.29, 0.717) is 18.7 Å². The van der Waals surface area contributed by atoms with E-state index in [9.17, 15) is 17.6 Å². The van der Waals surface area contributed by atoms with Crippen LogP contribution in [0.1, 0.15) is 12.1 Å². The first-order valence-electron chi connectivity index (χ1n) is 9.94. The minimum atomic E-state index is -3.67. The summed E-state index contributed by atoms with van der Waals surface area (Å²) in [4.78, 5) is 12.1. The molecular weight excluding hydrogens is 419 g/mol. The van der Waals surface area contributed by atoms with Crippen molar-refractivity contribution in [3.8, 4) is 16.9 Å². The fourth-order valence-corrected chi connectivity index (χ4v) is 5.11. The number of aromatic nitrogens is 1. The lowest BCUT2D eigenvalue weighted by Gasteiger charge is -2.18. The summed E-state index contributed by atoms with van der Waals surface area (Å²) in [7, 11) is -1.98. The maximum atomic E-state index is 13.1. The van der Waals surface area contributed by atoms with Crippen molar-refractivity contribution in [2.24, 2.45) is 7.05 Å². The van der Waals surface area contributed by atoms with Gasteiger partial charge in [-0.2, -0.15) is 4.31 Å². The fraction of sp³-hybridized carbons (Fsp3) is 0.261. The van der Waals surface area contributed by atoms with E-state index >= 15 is 0 Å². The lowest BCUT2D eigenvalue weighted by molar-refractivity contribution is 0.214. The summed E-state index contributed by atoms with van der Waals surface area (Å²) in [5.41, 5.74) is 2.22. The summed E-state index contributed by atoms with van der Waals surface area (Å²) < 4.78 is 48.0. The molecule has 0 N–H and O–H groups in total. The minimum absolute atomic E-state index is 0.168. The van der Waals surface area contributed by atoms with Crippen LogP contribution in [0.5, 0.6) is 5.75 Å². The van der Waals surface area contributed by atoms with Crippen molar-refractivity contribution < 1.29 is 17.5 Å². The van der Waals surface area contributed by atoms with E-state index < -0.39 is 10.0 Å². The summed E-state index contributed by atoms with van der Waals surface area (Å²) in [5, 5.41) is 0. The maximum absolute atomic E-state index is 13.1. The van der Waals surface area contributed by atoms with Crippen molar-refractivity contribution in [2.75, 3.05) is 13.1 Å². The monoisotopic (exact) mass is 442 g/mol. The van der Waals surface area contributed by atoms with Crippen LogP contribution >= 0.6 is 0 Å². The van der Waals surface area contributed by atoms with Gasteiger partial charge in [-0.3, -0.25) is 4.79 Å². The number of rotatable bonds is 5. The minimum Gasteiger partial charge on any atom is -0.489 e. The SMILES string of the molecule is Cc1cc(OC2CCN(S(=O)(=O)c3ccc(-c4ccc(F)cc4)cc3)C2)cc(=O)n1C. The van der Waals surface area contributed by atoms with Crippen molar-refractivity contribution in [2.45, 2.75) is 24.3 Å². The van der Waals surface area contributed by atoms with E-state index in [2.05, 4.69) is 0 Å². The number of halogens is 1. The second-order valence-corrected chi connectivity index (χ2v) is 9.59. The second kappa shape index (κ2) is 8.28. The van der Waals surface area contributed by atoms with Gasteiger partial charge in [0.15, 0.2) is 0 Å². The van der Waals surface area contributed by atoms with E-state index in [4.69, 9.17) is 4.74 Å². The molecule has 0 radical (unpaired) electrons. The van der Waals surface area contributed by atoms with Gasteiger partial charge in [-0.15, -0.1) is 0 Å². The molecule has 8 heteroatoms. The molecule has 1 aromatic heterocycles. The average molecular weight is 443 g/mol. The molecule has 0 spiro atoms. The summed E-state index contributed by atoms with van der Waals surface area (Å²) in [6.45, 7) is 2.38. The van der Waals surface area contributed by atoms with E-state index in [-0.39, 0.29) is 28.9 Å². The first kappa shape index (κ1) is 21.3. The third-order valence-electron chi connectivity index (χ3n) is 5.56. The predicted octanol–water partition coefficient (Wildman–Crippen LogP) is 3.34. The summed E-state index contributed by atoms with van der Waals surface area (Å²) in [6, 6.07) is 15.8. The Hall–Kier alpha value is -2.97. The first-order chi connectivity index (χ1) is 14.7. The molecule has 1 fully saturated rings. The number of pyridine rings is 1. The Morgan fingerprint density at radius 2 is 1.61 bits per heavy atom. The molecule has 2 heterocycles. The standard InChI is InChI=1S/C23H23FN2O4S/c1-16-13-21(14-23(27)25(16)2)30-20-11-12-26(15-20)31(28,29)22-9-5-18(6-10-22)17-3-7-19(24)8-4-17/h3-10,13-14,20H,11-12,15H2,1-2H3. The molecule has 162 valence electrons. The van der Waals surface area contributed by atoms with E-state index in [1.807, 2.05) is 6.92 Å². The smallest absolute Gasteiger partial charge is 0.254 e. The third-order valence-corrected chi connectivity index (χ3v) is 7.44. The summed E-state index contributed by atoms with van der Waals surface area (Å²) in [6.07, 6.45) is 0.223. The second-order valence-electron chi connectivity index (χ2n) is 7.65. The predicted molar refractivity (Wildman–Crippen MR) is 116 cm³/mol. The van der Waals surface area contributed by atoms with Gasteiger partial charge in [0.05, 0.1) is 11.4 Å². The Morgan fingerprint density at radius 1 is 1.00 bits per heavy atom. The lowest BCUT2D eigenvalue weighted by atomic mass is 10.1. The molecule has 6 nitrogen and oxygen atoms in total. The number of ether oxygens (including phenoxy) is 1. The molecule has 1 saturated heterocycles. The lowest BCUT2D eigenvalue weighted by Crippen LogP contribution is -2.31. The number of hydrogen-bond donors (Lipinski definition) is 0. The normalized spacial score (nSPS) is 17.1. The highest BCUT2D eigenvalue weighted by Crippen LogP contribution is 2.26. The largest absolute Gasteiger partial charge is 0.489 e. The van der Waals surface area contributed by atoms with Gasteiger partial charge in [0.1, 0.15) is 17.7 Å². The van der Waals surface area contributed by atoms with E-state index in [1.165, 1.54) is 27.1 Å². The summed E-state index contributed by atoms with van der Waals surface area (Å²) in [5.74, 6) is 0.133. The summed E-state index contributed by atoms with van der Waals surface area (Å²) >= 11 is 0. The van der Waals surface area contributed by atoms with Gasteiger partial charge >= 0.3 is 0 Å². The van der Waals surface area contributed by atoms with Crippen molar-refractivity contribution in [3.63, 3.8) is 0 Å². The highest BCUT2D eigenvalue weighted by molar-refractivity contribution is 7.89. The van der Waals surface area contributed by atoms with E-state index in [1.54, 1.807) is 49.5 Å². The Balaban J connectivity index is 1.47. The van der Waals surface area contributed by atoms with E-state index in [0.717, 1.165) is 16.8 Å². The molecule has 0 amide bonds. The average Bonchev–Trinajstić information content (AvgIpc) is 3.22. The molecule has 0 bridgehead atoms. The highest BCUT2D eigenvalue weighted by Gasteiger charge is 2.33. The number of aryl methyl sites for hydroxylation is 1. The molecule has 1 atom stereocenters. The van der Waals surface area contributed by atoms with Crippen LogP contribution in [0.4, 0.5) is 4.39 Å². The first-order valence-corrected chi connectivity index (χ1v) is 11.4. The quantitative estimate of drug-likeness (QED) is 0.608. The van der Waals surface area contributed by atoms with Gasteiger partial charge in [-0.25, -0.2) is 12.8 Å². The van der Waals surface area contributed by atoms with Gasteiger partial charge in [-0.05, 0) is 54.8 Å². The maximum Gasteiger partial charge on any atom is 0.254 e. The molecule has 0 aliphatic carbocycles. The van der Waals surface area contributed by atoms with Gasteiger partial charge < -0.3 is 9.30 Å². The van der Waals surface area contributed by atoms with Gasteiger partial charge in [0, 0.05) is 25.4 Å². The van der Waals surface area contributed by atoms with Crippen LogP contribution in [-0.4, -0.2) is 36.5 Å². The Morgan fingerprint density at radius 3 is 2.23 bits per heavy atom. The number of benzene rings is 2. The third kappa shape index (κ3) is 4.40.